The summed E-state index contributed by atoms with van der Waals surface area (Å²) in [6, 6.07) is 0.819. The number of ether oxygens (including phenoxy) is 1. The van der Waals surface area contributed by atoms with Crippen molar-refractivity contribution >= 4 is 23.2 Å². The lowest BCUT2D eigenvalue weighted by Gasteiger charge is -2.12. The van der Waals surface area contributed by atoms with E-state index in [2.05, 4.69) is 12.2 Å². The van der Waals surface area contributed by atoms with Crippen LogP contribution in [0.4, 0.5) is 0 Å². The molecule has 1 rings (SSSR count). The number of methoxy groups -OCH3 is 1. The number of amides is 1. The highest BCUT2D eigenvalue weighted by molar-refractivity contribution is 7.14. The molecule has 1 aromatic rings. The second-order valence-corrected chi connectivity index (χ2v) is 5.52. The molecule has 0 radical (unpaired) electrons. The Hall–Kier alpha value is -1.40. The van der Waals surface area contributed by atoms with E-state index in [1.165, 1.54) is 18.4 Å². The molecule has 1 aromatic heterocycles. The Kier molecular flexibility index (Phi) is 5.98. The highest BCUT2D eigenvalue weighted by atomic mass is 32.1. The Bertz CT molecular complexity index is 455. The molecular formula is C13H19NO4S. The topological polar surface area (TPSA) is 75.6 Å². The van der Waals surface area contributed by atoms with E-state index < -0.39 is 12.0 Å². The number of carboxylic acid groups (broad SMARTS) is 1. The minimum atomic E-state index is -1.10. The molecule has 1 atom stereocenters. The van der Waals surface area contributed by atoms with Crippen molar-refractivity contribution in [1.29, 1.82) is 0 Å². The maximum atomic E-state index is 12.0. The molecule has 1 amide bonds. The van der Waals surface area contributed by atoms with Gasteiger partial charge in [-0.2, -0.15) is 0 Å². The second-order valence-electron chi connectivity index (χ2n) is 4.26. The van der Waals surface area contributed by atoms with Gasteiger partial charge in [-0.05, 0) is 25.0 Å². The Balaban J connectivity index is 2.76. The fourth-order valence-electron chi connectivity index (χ4n) is 1.72. The van der Waals surface area contributed by atoms with Gasteiger partial charge < -0.3 is 15.2 Å². The summed E-state index contributed by atoms with van der Waals surface area (Å²) in [7, 11) is 1.40. The van der Waals surface area contributed by atoms with Gasteiger partial charge in [0.2, 0.25) is 0 Å². The number of nitrogens with one attached hydrogen (secondary N) is 1. The molecule has 2 N–H and O–H groups in total. The SMILES string of the molecule is CCCc1cc(C(=O)NC(COC)C(=O)O)sc1C. The monoisotopic (exact) mass is 285 g/mol. The summed E-state index contributed by atoms with van der Waals surface area (Å²) in [5.74, 6) is -1.46. The normalized spacial score (nSPS) is 12.2. The average molecular weight is 285 g/mol. The lowest BCUT2D eigenvalue weighted by molar-refractivity contribution is -0.140. The zero-order valence-corrected chi connectivity index (χ0v) is 12.2. The van der Waals surface area contributed by atoms with E-state index in [4.69, 9.17) is 9.84 Å². The molecule has 0 saturated heterocycles. The number of thiophene rings is 1. The van der Waals surface area contributed by atoms with E-state index in [0.29, 0.717) is 4.88 Å². The van der Waals surface area contributed by atoms with E-state index in [0.717, 1.165) is 23.3 Å². The molecule has 0 spiro atoms. The van der Waals surface area contributed by atoms with Crippen molar-refractivity contribution in [2.24, 2.45) is 0 Å². The van der Waals surface area contributed by atoms with Gasteiger partial charge >= 0.3 is 5.97 Å². The van der Waals surface area contributed by atoms with Crippen molar-refractivity contribution in [3.63, 3.8) is 0 Å². The predicted octanol–water partition coefficient (Wildman–Crippen LogP) is 1.84. The van der Waals surface area contributed by atoms with E-state index in [-0.39, 0.29) is 12.5 Å². The number of aryl methyl sites for hydroxylation is 2. The maximum absolute atomic E-state index is 12.0. The van der Waals surface area contributed by atoms with Gasteiger partial charge in [0, 0.05) is 12.0 Å². The number of hydrogen-bond donors (Lipinski definition) is 2. The molecule has 1 heterocycles. The highest BCUT2D eigenvalue weighted by Gasteiger charge is 2.21. The molecule has 6 heteroatoms. The van der Waals surface area contributed by atoms with Gasteiger partial charge in [-0.15, -0.1) is 11.3 Å². The molecule has 0 aliphatic carbocycles. The molecular weight excluding hydrogens is 266 g/mol. The summed E-state index contributed by atoms with van der Waals surface area (Å²) in [6.45, 7) is 4.00. The van der Waals surface area contributed by atoms with Crippen molar-refractivity contribution < 1.29 is 19.4 Å². The van der Waals surface area contributed by atoms with E-state index in [1.807, 2.05) is 13.0 Å². The van der Waals surface area contributed by atoms with Crippen LogP contribution < -0.4 is 5.32 Å². The average Bonchev–Trinajstić information content (AvgIpc) is 2.71. The number of carbonyl (C=O) groups excluding carboxylic acids is 1. The Morgan fingerprint density at radius 3 is 2.74 bits per heavy atom. The molecule has 0 saturated carbocycles. The lowest BCUT2D eigenvalue weighted by Crippen LogP contribution is -2.43. The summed E-state index contributed by atoms with van der Waals surface area (Å²) in [4.78, 5) is 24.6. The number of rotatable bonds is 7. The third kappa shape index (κ3) is 4.33. The van der Waals surface area contributed by atoms with Crippen molar-refractivity contribution in [2.45, 2.75) is 32.7 Å². The molecule has 106 valence electrons. The van der Waals surface area contributed by atoms with Crippen LogP contribution in [0.3, 0.4) is 0 Å². The zero-order chi connectivity index (χ0) is 14.4. The van der Waals surface area contributed by atoms with Crippen LogP contribution in [0.2, 0.25) is 0 Å². The largest absolute Gasteiger partial charge is 0.480 e. The number of aliphatic carboxylic acids is 1. The molecule has 5 nitrogen and oxygen atoms in total. The highest BCUT2D eigenvalue weighted by Crippen LogP contribution is 2.22. The van der Waals surface area contributed by atoms with Gasteiger partial charge in [-0.25, -0.2) is 4.79 Å². The number of hydrogen-bond acceptors (Lipinski definition) is 4. The van der Waals surface area contributed by atoms with Crippen LogP contribution in [-0.4, -0.2) is 36.7 Å². The first-order valence-electron chi connectivity index (χ1n) is 6.11. The number of carboxylic acids is 1. The summed E-state index contributed by atoms with van der Waals surface area (Å²) in [5.41, 5.74) is 1.15. The van der Waals surface area contributed by atoms with Crippen molar-refractivity contribution in [1.82, 2.24) is 5.32 Å². The van der Waals surface area contributed by atoms with Gasteiger partial charge in [0.05, 0.1) is 11.5 Å². The molecule has 0 aliphatic rings. The molecule has 1 unspecified atom stereocenters. The van der Waals surface area contributed by atoms with Crippen LogP contribution in [0.5, 0.6) is 0 Å². The first-order valence-corrected chi connectivity index (χ1v) is 6.93. The van der Waals surface area contributed by atoms with Gasteiger partial charge in [0.25, 0.3) is 5.91 Å². The molecule has 0 aromatic carbocycles. The van der Waals surface area contributed by atoms with Gasteiger partial charge in [-0.3, -0.25) is 4.79 Å². The van der Waals surface area contributed by atoms with E-state index in [9.17, 15) is 9.59 Å². The molecule has 0 aliphatic heterocycles. The van der Waals surface area contributed by atoms with Crippen LogP contribution >= 0.6 is 11.3 Å². The minimum Gasteiger partial charge on any atom is -0.480 e. The van der Waals surface area contributed by atoms with Crippen LogP contribution in [0.1, 0.15) is 33.5 Å². The predicted molar refractivity (Wildman–Crippen MR) is 73.8 cm³/mol. The summed E-state index contributed by atoms with van der Waals surface area (Å²) in [6.07, 6.45) is 1.94. The second kappa shape index (κ2) is 7.25. The van der Waals surface area contributed by atoms with E-state index >= 15 is 0 Å². The number of carbonyl (C=O) groups is 2. The standard InChI is InChI=1S/C13H19NO4S/c1-4-5-9-6-11(19-8(9)2)12(15)14-10(7-18-3)13(16)17/h6,10H,4-5,7H2,1-3H3,(H,14,15)(H,16,17). The van der Waals surface area contributed by atoms with Crippen LogP contribution in [0.25, 0.3) is 0 Å². The van der Waals surface area contributed by atoms with Gasteiger partial charge in [0.1, 0.15) is 0 Å². The third-order valence-electron chi connectivity index (χ3n) is 2.70. The van der Waals surface area contributed by atoms with Crippen molar-refractivity contribution in [2.75, 3.05) is 13.7 Å². The third-order valence-corrected chi connectivity index (χ3v) is 3.79. The summed E-state index contributed by atoms with van der Waals surface area (Å²) < 4.78 is 4.78. The van der Waals surface area contributed by atoms with Crippen molar-refractivity contribution in [3.05, 3.63) is 21.4 Å². The zero-order valence-electron chi connectivity index (χ0n) is 11.4. The lowest BCUT2D eigenvalue weighted by atomic mass is 10.1. The first-order chi connectivity index (χ1) is 8.99. The molecule has 0 fully saturated rings. The fraction of sp³-hybridized carbons (Fsp3) is 0.538. The fourth-order valence-corrected chi connectivity index (χ4v) is 2.69. The first kappa shape index (κ1) is 15.7. The van der Waals surface area contributed by atoms with Crippen LogP contribution in [0, 0.1) is 6.92 Å². The minimum absolute atomic E-state index is 0.0484. The quantitative estimate of drug-likeness (QED) is 0.801. The summed E-state index contributed by atoms with van der Waals surface area (Å²) >= 11 is 1.39. The van der Waals surface area contributed by atoms with Crippen LogP contribution in [0.15, 0.2) is 6.07 Å². The van der Waals surface area contributed by atoms with Gasteiger partial charge in [-0.1, -0.05) is 13.3 Å². The van der Waals surface area contributed by atoms with Crippen molar-refractivity contribution in [3.8, 4) is 0 Å². The van der Waals surface area contributed by atoms with Crippen LogP contribution in [-0.2, 0) is 16.0 Å². The smallest absolute Gasteiger partial charge is 0.328 e. The Morgan fingerprint density at radius 2 is 2.21 bits per heavy atom. The molecule has 0 bridgehead atoms. The molecule has 19 heavy (non-hydrogen) atoms. The Labute approximate surface area is 116 Å². The van der Waals surface area contributed by atoms with Gasteiger partial charge in [0.15, 0.2) is 6.04 Å². The Morgan fingerprint density at radius 1 is 1.53 bits per heavy atom. The van der Waals surface area contributed by atoms with E-state index in [1.54, 1.807) is 0 Å². The maximum Gasteiger partial charge on any atom is 0.328 e. The summed E-state index contributed by atoms with van der Waals surface area (Å²) in [5, 5.41) is 11.4.